The zero-order chi connectivity index (χ0) is 36.0. The van der Waals surface area contributed by atoms with Crippen LogP contribution >= 0.6 is 7.82 Å². The van der Waals surface area contributed by atoms with E-state index >= 15 is 0 Å². The zero-order valence-corrected chi connectivity index (χ0v) is 29.3. The van der Waals surface area contributed by atoms with Gasteiger partial charge in [-0.3, -0.25) is 13.8 Å². The Balaban J connectivity index is 2.76. The van der Waals surface area contributed by atoms with E-state index in [4.69, 9.17) is 9.05 Å². The minimum Gasteiger partial charge on any atom is -0.389 e. The number of carbonyl (C=O) groups excluding carboxylic acids is 1. The summed E-state index contributed by atoms with van der Waals surface area (Å²) in [5.41, 5.74) is 0. The summed E-state index contributed by atoms with van der Waals surface area (Å²) in [7, 11) is -5.14. The molecule has 9 N–H and O–H groups in total. The van der Waals surface area contributed by atoms with Crippen LogP contribution in [0.2, 0.25) is 0 Å². The van der Waals surface area contributed by atoms with Gasteiger partial charge in [-0.25, -0.2) is 4.57 Å². The topological polar surface area (TPSA) is 226 Å². The Morgan fingerprint density at radius 2 is 1.31 bits per heavy atom. The van der Waals surface area contributed by atoms with Gasteiger partial charge in [0.1, 0.15) is 36.6 Å². The molecule has 278 valence electrons. The normalized spacial score (nSPS) is 26.8. The van der Waals surface area contributed by atoms with Crippen LogP contribution in [-0.4, -0.2) is 108 Å². The number of aliphatic hydroxyl groups is 7. The minimum atomic E-state index is -5.14. The molecule has 0 spiro atoms. The monoisotopic (exact) mass is 705 g/mol. The highest BCUT2D eigenvalue weighted by atomic mass is 31.2. The van der Waals surface area contributed by atoms with E-state index < -0.39 is 75.2 Å². The van der Waals surface area contributed by atoms with Crippen molar-refractivity contribution < 1.29 is 59.0 Å². The third kappa shape index (κ3) is 18.3. The third-order valence-corrected chi connectivity index (χ3v) is 8.86. The van der Waals surface area contributed by atoms with Crippen LogP contribution in [-0.2, 0) is 18.4 Å². The molecule has 0 aliphatic heterocycles. The number of nitrogens with one attached hydrogen (secondary N) is 1. The number of amides is 1. The Bertz CT molecular complexity index is 1020. The van der Waals surface area contributed by atoms with Gasteiger partial charge in [-0.1, -0.05) is 101 Å². The fourth-order valence-corrected chi connectivity index (χ4v) is 5.93. The molecule has 0 heterocycles. The second-order valence-electron chi connectivity index (χ2n) is 12.2. The highest BCUT2D eigenvalue weighted by Gasteiger charge is 2.51. The van der Waals surface area contributed by atoms with Gasteiger partial charge in [0.05, 0.1) is 31.3 Å². The molecule has 0 radical (unpaired) electrons. The van der Waals surface area contributed by atoms with Crippen LogP contribution in [0.3, 0.4) is 0 Å². The van der Waals surface area contributed by atoms with Gasteiger partial charge in [0.2, 0.25) is 5.91 Å². The lowest BCUT2D eigenvalue weighted by Gasteiger charge is -2.41. The Labute approximate surface area is 285 Å². The van der Waals surface area contributed by atoms with Crippen LogP contribution < -0.4 is 5.32 Å². The first kappa shape index (κ1) is 44.3. The van der Waals surface area contributed by atoms with Crippen molar-refractivity contribution >= 4 is 13.7 Å². The number of phosphoric ester groups is 1. The second-order valence-corrected chi connectivity index (χ2v) is 13.6. The SMILES string of the molecule is CCC/C=C/CC/C=C/C(O)C(COP(=O)(O)OC1C(O)C(O)C(O)C(O)C1O)NC(=O)CC(O)/C=C\C/C=C\CCCCCCCC. The van der Waals surface area contributed by atoms with E-state index in [0.29, 0.717) is 19.3 Å². The zero-order valence-electron chi connectivity index (χ0n) is 28.4. The average Bonchev–Trinajstić information content (AvgIpc) is 3.05. The van der Waals surface area contributed by atoms with Crippen molar-refractivity contribution in [3.63, 3.8) is 0 Å². The second kappa shape index (κ2) is 25.2. The van der Waals surface area contributed by atoms with Crippen LogP contribution in [0, 0.1) is 0 Å². The van der Waals surface area contributed by atoms with Gasteiger partial charge in [-0.15, -0.1) is 0 Å². The summed E-state index contributed by atoms with van der Waals surface area (Å²) in [4.78, 5) is 23.0. The lowest BCUT2D eigenvalue weighted by Crippen LogP contribution is -2.64. The summed E-state index contributed by atoms with van der Waals surface area (Å²) in [5.74, 6) is -0.679. The molecule has 8 atom stereocenters. The smallest absolute Gasteiger partial charge is 0.389 e. The maximum atomic E-state index is 12.7. The lowest BCUT2D eigenvalue weighted by atomic mass is 9.85. The van der Waals surface area contributed by atoms with E-state index in [1.54, 1.807) is 12.2 Å². The standard InChI is InChI=1S/C34H60NO12P/c1-3-5-7-9-11-12-13-14-16-17-19-21-25(36)23-28(38)35-26(27(37)22-20-18-15-10-8-6-4-2)24-46-48(44,45)47-34-32(42)30(40)29(39)31(41)33(34)43/h8,10,14,16,19-22,25-27,29-34,36-37,39-43H,3-7,9,11-13,15,17-18,23-24H2,1-2H3,(H,35,38)(H,44,45)/b10-8+,16-14-,21-19-,22-20+. The van der Waals surface area contributed by atoms with Crippen molar-refractivity contribution in [3.8, 4) is 0 Å². The fourth-order valence-electron chi connectivity index (χ4n) is 4.96. The molecule has 0 aromatic heterocycles. The molecule has 1 rings (SSSR count). The number of hydrogen-bond acceptors (Lipinski definition) is 11. The number of phosphoric acid groups is 1. The molecule has 1 amide bonds. The van der Waals surface area contributed by atoms with Crippen LogP contribution in [0.4, 0.5) is 0 Å². The van der Waals surface area contributed by atoms with Gasteiger partial charge in [0.15, 0.2) is 0 Å². The predicted molar refractivity (Wildman–Crippen MR) is 183 cm³/mol. The quantitative estimate of drug-likeness (QED) is 0.0380. The molecule has 0 bridgehead atoms. The van der Waals surface area contributed by atoms with Gasteiger partial charge < -0.3 is 46.0 Å². The van der Waals surface area contributed by atoms with Gasteiger partial charge >= 0.3 is 7.82 Å². The van der Waals surface area contributed by atoms with Gasteiger partial charge in [-0.2, -0.15) is 0 Å². The van der Waals surface area contributed by atoms with E-state index in [-0.39, 0.29) is 6.42 Å². The van der Waals surface area contributed by atoms with Gasteiger partial charge in [-0.05, 0) is 38.5 Å². The first-order valence-electron chi connectivity index (χ1n) is 17.2. The molecular weight excluding hydrogens is 645 g/mol. The minimum absolute atomic E-state index is 0.362. The highest BCUT2D eigenvalue weighted by Crippen LogP contribution is 2.47. The molecule has 48 heavy (non-hydrogen) atoms. The summed E-state index contributed by atoms with van der Waals surface area (Å²) in [6, 6.07) is -1.28. The summed E-state index contributed by atoms with van der Waals surface area (Å²) in [6.45, 7) is 3.48. The number of carbonyl (C=O) groups is 1. The molecule has 1 saturated carbocycles. The van der Waals surface area contributed by atoms with Crippen molar-refractivity contribution in [1.29, 1.82) is 0 Å². The lowest BCUT2D eigenvalue weighted by molar-refractivity contribution is -0.220. The first-order valence-corrected chi connectivity index (χ1v) is 18.7. The van der Waals surface area contributed by atoms with E-state index in [0.717, 1.165) is 25.7 Å². The maximum absolute atomic E-state index is 12.7. The number of unbranched alkanes of at least 4 members (excludes halogenated alkanes) is 8. The summed E-state index contributed by atoms with van der Waals surface area (Å²) >= 11 is 0. The van der Waals surface area contributed by atoms with Crippen molar-refractivity contribution in [1.82, 2.24) is 5.32 Å². The molecule has 1 aliphatic rings. The largest absolute Gasteiger partial charge is 0.472 e. The van der Waals surface area contributed by atoms with E-state index in [1.165, 1.54) is 44.3 Å². The summed E-state index contributed by atoms with van der Waals surface area (Å²) in [5, 5.41) is 73.4. The predicted octanol–water partition coefficient (Wildman–Crippen LogP) is 2.85. The van der Waals surface area contributed by atoms with Crippen molar-refractivity contribution in [2.24, 2.45) is 0 Å². The number of hydrogen-bond donors (Lipinski definition) is 9. The first-order chi connectivity index (χ1) is 22.8. The molecule has 1 aliphatic carbocycles. The van der Waals surface area contributed by atoms with E-state index in [9.17, 15) is 50.0 Å². The van der Waals surface area contributed by atoms with E-state index in [1.807, 2.05) is 18.2 Å². The summed E-state index contributed by atoms with van der Waals surface area (Å²) < 4.78 is 22.5. The average molecular weight is 706 g/mol. The molecule has 13 nitrogen and oxygen atoms in total. The van der Waals surface area contributed by atoms with Gasteiger partial charge in [0.25, 0.3) is 0 Å². The molecule has 0 aromatic carbocycles. The molecule has 14 heteroatoms. The van der Waals surface area contributed by atoms with Crippen LogP contribution in [0.5, 0.6) is 0 Å². The molecule has 0 aromatic rings. The van der Waals surface area contributed by atoms with Gasteiger partial charge in [0, 0.05) is 0 Å². The Hall–Kier alpha value is -1.74. The molecule has 1 fully saturated rings. The Kier molecular flexibility index (Phi) is 23.3. The fraction of sp³-hybridized carbons (Fsp3) is 0.735. The Morgan fingerprint density at radius 3 is 1.98 bits per heavy atom. The van der Waals surface area contributed by atoms with Crippen molar-refractivity contribution in [2.45, 2.75) is 152 Å². The van der Waals surface area contributed by atoms with Crippen LogP contribution in [0.15, 0.2) is 48.6 Å². The van der Waals surface area contributed by atoms with Crippen molar-refractivity contribution in [3.05, 3.63) is 48.6 Å². The van der Waals surface area contributed by atoms with Crippen molar-refractivity contribution in [2.75, 3.05) is 6.61 Å². The number of allylic oxidation sites excluding steroid dienone is 6. The Morgan fingerprint density at radius 1 is 0.729 bits per heavy atom. The molecular formula is C34H60NO12P. The summed E-state index contributed by atoms with van der Waals surface area (Å²) in [6.07, 6.45) is 11.7. The highest BCUT2D eigenvalue weighted by molar-refractivity contribution is 7.47. The third-order valence-electron chi connectivity index (χ3n) is 7.87. The molecule has 0 saturated heterocycles. The van der Waals surface area contributed by atoms with Crippen LogP contribution in [0.1, 0.15) is 97.3 Å². The maximum Gasteiger partial charge on any atom is 0.472 e. The van der Waals surface area contributed by atoms with E-state index in [2.05, 4.69) is 25.2 Å². The number of aliphatic hydroxyl groups excluding tert-OH is 7. The molecule has 8 unspecified atom stereocenters. The number of rotatable bonds is 25. The van der Waals surface area contributed by atoms with Crippen LogP contribution in [0.25, 0.3) is 0 Å².